The summed E-state index contributed by atoms with van der Waals surface area (Å²) in [5.41, 5.74) is 15.5. The molecular formula is C107H114Cl2N16O13S2. The van der Waals surface area contributed by atoms with Crippen molar-refractivity contribution in [2.45, 2.75) is 213 Å². The summed E-state index contributed by atoms with van der Waals surface area (Å²) < 4.78 is 27.6. The predicted molar refractivity (Wildman–Crippen MR) is 538 cm³/mol. The van der Waals surface area contributed by atoms with Gasteiger partial charge in [0.2, 0.25) is 11.8 Å². The second-order valence-electron chi connectivity index (χ2n) is 38.0. The number of carbonyl (C=O) groups excluding carboxylic acids is 7. The Bertz CT molecular complexity index is 6680. The van der Waals surface area contributed by atoms with E-state index in [2.05, 4.69) is 70.5 Å². The molecule has 7 aromatic heterocycles. The summed E-state index contributed by atoms with van der Waals surface area (Å²) in [6, 6.07) is 49.7. The van der Waals surface area contributed by atoms with Gasteiger partial charge in [-0.3, -0.25) is 42.9 Å². The van der Waals surface area contributed by atoms with Crippen LogP contribution in [-0.4, -0.2) is 182 Å². The van der Waals surface area contributed by atoms with Gasteiger partial charge in [-0.25, -0.2) is 15.0 Å². The Labute approximate surface area is 831 Å². The van der Waals surface area contributed by atoms with Crippen LogP contribution in [0, 0.1) is 47.8 Å². The number of furan rings is 1. The number of benzene rings is 6. The highest BCUT2D eigenvalue weighted by atomic mass is 35.5. The second-order valence-corrected chi connectivity index (χ2v) is 40.6. The standard InChI is InChI=1S/C55H56ClN9O7S.C52H58ClN7O6S/c1-31(34-7-9-35(10-8-34)50-33(3)59-30-73-50)19-46(67)45-22-40(66)27-65(45)54(70)51(55(4,5)6)61-53(69)48-21-37-13-15-41(23-47(37)72-48)71-42-28-63(29-42)49-16-14-39(25-58-49)52(68)60-32(2)26-64-18-17-44(62-64)36-11-12-38(24-57)43(56)20-36;1-32(2)48(52(64)60-30-42(61)26-45(60)46(62)24-33(3)37-15-17-38(18-16-37)50-35(5)55-31-67-50)49-47(28-56-66-49)65-23-9-7-6-8-10-36-11-13-39(14-12-36)51(63)57-34(4)29-59-22-21-44(58-59)40-19-20-41(27-54)43(53)25-40/h7-18,20-21,23,25,30-32,40,42,45,51,66H,19,22,26-29H2,1-6H3,(H,60,68)(H,61,69);11-22,25,28,31-34,42,45,48,61H,6-10,23-24,26,29-30H2,1-5H3,(H,57,63)/t31-,32+,40-,45?,51-;33-,34+,42-,45?,48-/m11/s1. The third kappa shape index (κ3) is 24.6. The molecule has 3 aliphatic rings. The molecule has 726 valence electrons. The van der Waals surface area contributed by atoms with Gasteiger partial charge < -0.3 is 59.3 Å². The van der Waals surface area contributed by atoms with Crippen molar-refractivity contribution in [1.29, 1.82) is 10.5 Å². The Morgan fingerprint density at radius 1 is 0.571 bits per heavy atom. The van der Waals surface area contributed by atoms with Gasteiger partial charge in [-0.1, -0.05) is 162 Å². The number of aromatic nitrogens is 8. The number of nitrogens with one attached hydrogen (secondary N) is 3. The van der Waals surface area contributed by atoms with Crippen LogP contribution >= 0.6 is 45.9 Å². The number of likely N-dealkylation sites (tertiary alicyclic amines) is 2. The maximum atomic E-state index is 14.4. The van der Waals surface area contributed by atoms with Gasteiger partial charge in [0, 0.05) is 97.6 Å². The number of amides is 5. The molecule has 10 heterocycles. The van der Waals surface area contributed by atoms with Crippen LogP contribution in [0.15, 0.2) is 202 Å². The van der Waals surface area contributed by atoms with E-state index in [1.165, 1.54) is 16.0 Å². The van der Waals surface area contributed by atoms with Gasteiger partial charge in [-0.15, -0.1) is 22.7 Å². The van der Waals surface area contributed by atoms with Crippen molar-refractivity contribution < 1.29 is 62.2 Å². The summed E-state index contributed by atoms with van der Waals surface area (Å²) in [5.74, 6) is -1.03. The molecule has 33 heteroatoms. The Kier molecular flexibility index (Phi) is 32.5. The van der Waals surface area contributed by atoms with Crippen LogP contribution in [0.2, 0.25) is 10.0 Å². The Morgan fingerprint density at radius 2 is 1.09 bits per heavy atom. The highest BCUT2D eigenvalue weighted by Gasteiger charge is 2.47. The number of ether oxygens (including phenoxy) is 2. The number of hydrogen-bond acceptors (Lipinski definition) is 24. The molecule has 10 atom stereocenters. The molecule has 0 bridgehead atoms. The first-order valence-electron chi connectivity index (χ1n) is 47.2. The minimum Gasteiger partial charge on any atom is -0.488 e. The maximum Gasteiger partial charge on any atom is 0.287 e. The van der Waals surface area contributed by atoms with Crippen molar-refractivity contribution in [3.63, 3.8) is 0 Å². The van der Waals surface area contributed by atoms with Crippen LogP contribution < -0.4 is 30.3 Å². The van der Waals surface area contributed by atoms with Crippen LogP contribution in [0.5, 0.6) is 11.5 Å². The Balaban J connectivity index is 0.000000213. The number of fused-ring (bicyclic) bond motifs is 1. The number of pyridine rings is 1. The van der Waals surface area contributed by atoms with E-state index in [0.717, 1.165) is 97.9 Å². The van der Waals surface area contributed by atoms with Gasteiger partial charge in [-0.05, 0) is 177 Å². The summed E-state index contributed by atoms with van der Waals surface area (Å²) in [6.07, 6.45) is 10.2. The summed E-state index contributed by atoms with van der Waals surface area (Å²) in [4.78, 5) is 117. The number of nitriles is 2. The fourth-order valence-electron chi connectivity index (χ4n) is 18.0. The van der Waals surface area contributed by atoms with Gasteiger partial charge in [-0.2, -0.15) is 20.7 Å². The third-order valence-corrected chi connectivity index (χ3v) is 28.4. The van der Waals surface area contributed by atoms with Gasteiger partial charge in [0.05, 0.1) is 127 Å². The number of hydrogen-bond donors (Lipinski definition) is 5. The fraction of sp³-hybridized carbons (Fsp3) is 0.374. The number of thiazole rings is 2. The zero-order chi connectivity index (χ0) is 99.3. The monoisotopic (exact) mass is 1960 g/mol. The third-order valence-electron chi connectivity index (χ3n) is 25.8. The largest absolute Gasteiger partial charge is 0.488 e. The lowest BCUT2D eigenvalue weighted by Crippen LogP contribution is -2.56. The minimum atomic E-state index is -1.03. The Morgan fingerprint density at radius 3 is 1.59 bits per heavy atom. The quantitative estimate of drug-likeness (QED) is 0.0226. The van der Waals surface area contributed by atoms with E-state index in [1.54, 1.807) is 98.9 Å². The molecule has 3 aliphatic heterocycles. The molecular weight excluding hydrogens is 1850 g/mol. The number of unbranched alkanes of at least 4 members (excludes halogenated alkanes) is 3. The smallest absolute Gasteiger partial charge is 0.287 e. The number of aryl methyl sites for hydroxylation is 3. The van der Waals surface area contributed by atoms with Crippen molar-refractivity contribution >= 4 is 104 Å². The van der Waals surface area contributed by atoms with E-state index in [-0.39, 0.29) is 110 Å². The average molecular weight is 1970 g/mol. The molecule has 3 saturated heterocycles. The number of Topliss-reactive ketones (excluding diaryl/α,β-unsaturated/α-hetero) is 2. The van der Waals surface area contributed by atoms with E-state index >= 15 is 0 Å². The first-order valence-corrected chi connectivity index (χ1v) is 49.7. The van der Waals surface area contributed by atoms with Crippen LogP contribution in [0.3, 0.4) is 0 Å². The number of aliphatic hydroxyl groups excluding tert-OH is 2. The molecule has 0 spiro atoms. The lowest BCUT2D eigenvalue weighted by atomic mass is 9.85. The maximum absolute atomic E-state index is 14.4. The van der Waals surface area contributed by atoms with Crippen LogP contribution in [-0.2, 0) is 38.7 Å². The van der Waals surface area contributed by atoms with Crippen molar-refractivity contribution in [3.05, 3.63) is 265 Å². The van der Waals surface area contributed by atoms with Crippen LogP contribution in [0.25, 0.3) is 54.4 Å². The van der Waals surface area contributed by atoms with Crippen molar-refractivity contribution in [1.82, 2.24) is 65.4 Å². The van der Waals surface area contributed by atoms with Crippen molar-refractivity contribution in [2.75, 3.05) is 37.7 Å². The lowest BCUT2D eigenvalue weighted by molar-refractivity contribution is -0.141. The Hall–Kier alpha value is -13.5. The minimum absolute atomic E-state index is 0.0137. The molecule has 2 unspecified atom stereocenters. The molecule has 140 heavy (non-hydrogen) atoms. The zero-order valence-electron chi connectivity index (χ0n) is 80.0. The number of halogens is 2. The SMILES string of the molecule is Cc1ncsc1-c1ccc([C@H](C)CC(=O)C2C[C@@H](O)CN2C(=O)[C@@H](NC(=O)c2cc3ccc(OC4CN(c5ccc(C(=O)N[C@@H](C)Cn6ccc(-c7ccc(C#N)c(Cl)c7)n6)cn5)C4)cc3o2)C(C)(C)C)cc1.Cc1ncsc1-c1ccc([C@H](C)CC(=O)C2C[C@@H](O)CN2C(=O)[C@@H](c2oncc2OCCCCCCc2ccc(C(=O)N[C@@H](C)Cn3ccc(-c4ccc(C#N)c(Cl)c4)n3)cc2)C(C)C)cc1. The molecule has 6 aromatic carbocycles. The van der Waals surface area contributed by atoms with E-state index in [4.69, 9.17) is 52.1 Å². The molecule has 5 N–H and O–H groups in total. The van der Waals surface area contributed by atoms with E-state index < -0.39 is 53.5 Å². The number of ketones is 2. The normalized spacial score (nSPS) is 16.7. The van der Waals surface area contributed by atoms with E-state index in [0.29, 0.717) is 105 Å². The summed E-state index contributed by atoms with van der Waals surface area (Å²) >= 11 is 15.6. The van der Waals surface area contributed by atoms with E-state index in [1.807, 2.05) is 189 Å². The highest BCUT2D eigenvalue weighted by molar-refractivity contribution is 7.13. The van der Waals surface area contributed by atoms with Crippen molar-refractivity contribution in [2.24, 2.45) is 11.3 Å². The van der Waals surface area contributed by atoms with Crippen LogP contribution in [0.4, 0.5) is 5.82 Å². The molecule has 13 aromatic rings. The first kappa shape index (κ1) is 101. The molecule has 0 aliphatic carbocycles. The molecule has 5 amide bonds. The molecule has 0 radical (unpaired) electrons. The second kappa shape index (κ2) is 45.2. The summed E-state index contributed by atoms with van der Waals surface area (Å²) in [5, 5.41) is 63.4. The molecule has 0 saturated carbocycles. The van der Waals surface area contributed by atoms with Gasteiger partial charge in [0.1, 0.15) is 53.5 Å². The molecule has 3 fully saturated rings. The lowest BCUT2D eigenvalue weighted by Gasteiger charge is -2.39. The highest BCUT2D eigenvalue weighted by Crippen LogP contribution is 2.40. The van der Waals surface area contributed by atoms with Crippen molar-refractivity contribution in [3.8, 4) is 67.0 Å². The number of aliphatic hydroxyl groups is 2. The van der Waals surface area contributed by atoms with Crippen LogP contribution in [0.1, 0.15) is 208 Å². The molecule has 29 nitrogen and oxygen atoms in total. The average Bonchev–Trinajstić information content (AvgIpc) is 1.61. The fourth-order valence-corrected chi connectivity index (χ4v) is 20.1. The van der Waals surface area contributed by atoms with E-state index in [9.17, 15) is 43.8 Å². The summed E-state index contributed by atoms with van der Waals surface area (Å²) in [7, 11) is 0. The van der Waals surface area contributed by atoms with Gasteiger partial charge >= 0.3 is 0 Å². The number of rotatable bonds is 37. The molecule has 16 rings (SSSR count). The summed E-state index contributed by atoms with van der Waals surface area (Å²) in [6.45, 7) is 23.7. The zero-order valence-corrected chi connectivity index (χ0v) is 83.1. The number of nitrogens with zero attached hydrogens (tertiary/aromatic N) is 13. The number of carbonyl (C=O) groups is 7. The number of anilines is 1. The van der Waals surface area contributed by atoms with Gasteiger partial charge in [0.25, 0.3) is 17.7 Å². The van der Waals surface area contributed by atoms with Gasteiger partial charge in [0.15, 0.2) is 28.8 Å². The predicted octanol–water partition coefficient (Wildman–Crippen LogP) is 18.6. The first-order chi connectivity index (χ1) is 67.2. The topological polar surface area (TPSA) is 385 Å². The number of β-amino-alcohol motifs (C(OH)–C–C–N with tert-alkyl or cyclic N) is 2.